The van der Waals surface area contributed by atoms with Crippen molar-refractivity contribution in [1.82, 2.24) is 14.9 Å². The lowest BCUT2D eigenvalue weighted by Crippen LogP contribution is -2.20. The summed E-state index contributed by atoms with van der Waals surface area (Å²) < 4.78 is 1.97. The van der Waals surface area contributed by atoms with Gasteiger partial charge < -0.3 is 15.0 Å². The molecule has 0 bridgehead atoms. The molecule has 1 heterocycles. The lowest BCUT2D eigenvalue weighted by molar-refractivity contribution is -0.131. The van der Waals surface area contributed by atoms with Crippen LogP contribution in [0.3, 0.4) is 0 Å². The Labute approximate surface area is 94.8 Å². The molecule has 1 aromatic rings. The predicted octanol–water partition coefficient (Wildman–Crippen LogP) is 0.583. The molecule has 1 aromatic heterocycles. The second-order valence-corrected chi connectivity index (χ2v) is 3.71. The molecule has 0 spiro atoms. The van der Waals surface area contributed by atoms with Gasteiger partial charge in [-0.1, -0.05) is 5.57 Å². The lowest BCUT2D eigenvalue weighted by Gasteiger charge is -2.04. The van der Waals surface area contributed by atoms with Crippen LogP contribution in [0.2, 0.25) is 0 Å². The zero-order valence-electron chi connectivity index (χ0n) is 9.60. The van der Waals surface area contributed by atoms with Crippen molar-refractivity contribution >= 4 is 5.97 Å². The zero-order chi connectivity index (χ0) is 12.0. The van der Waals surface area contributed by atoms with Gasteiger partial charge in [0.05, 0.1) is 0 Å². The topological polar surface area (TPSA) is 67.2 Å². The Morgan fingerprint density at radius 1 is 1.69 bits per heavy atom. The van der Waals surface area contributed by atoms with E-state index in [0.717, 1.165) is 24.4 Å². The molecule has 0 unspecified atom stereocenters. The van der Waals surface area contributed by atoms with Crippen molar-refractivity contribution < 1.29 is 9.90 Å². The number of carbonyl (C=O) groups is 1. The van der Waals surface area contributed by atoms with Crippen molar-refractivity contribution in [1.29, 1.82) is 0 Å². The van der Waals surface area contributed by atoms with Crippen molar-refractivity contribution in [2.24, 2.45) is 7.05 Å². The van der Waals surface area contributed by atoms with Crippen molar-refractivity contribution in [2.75, 3.05) is 13.1 Å². The molecule has 16 heavy (non-hydrogen) atoms. The Morgan fingerprint density at radius 2 is 2.44 bits per heavy atom. The fourth-order valence-electron chi connectivity index (χ4n) is 1.38. The van der Waals surface area contributed by atoms with E-state index in [-0.39, 0.29) is 0 Å². The van der Waals surface area contributed by atoms with E-state index in [1.807, 2.05) is 17.8 Å². The molecule has 0 radical (unpaired) electrons. The van der Waals surface area contributed by atoms with E-state index < -0.39 is 5.97 Å². The molecule has 0 aliphatic carbocycles. The summed E-state index contributed by atoms with van der Waals surface area (Å²) in [6.07, 6.45) is 5.73. The summed E-state index contributed by atoms with van der Waals surface area (Å²) in [6, 6.07) is 0. The van der Waals surface area contributed by atoms with E-state index in [2.05, 4.69) is 10.3 Å². The molecule has 5 heteroatoms. The number of nitrogens with one attached hydrogen (secondary N) is 1. The monoisotopic (exact) mass is 223 g/mol. The van der Waals surface area contributed by atoms with Crippen LogP contribution in [-0.2, 0) is 18.3 Å². The standard InChI is InChI=1S/C11H17N3O2/c1-9(7-11(15)16)8-12-4-3-10-13-5-6-14(10)2/h5-7,12H,3-4,8H2,1-2H3,(H,15,16)/b9-7-. The highest BCUT2D eigenvalue weighted by Crippen LogP contribution is 1.95. The van der Waals surface area contributed by atoms with Gasteiger partial charge in [0.25, 0.3) is 0 Å². The second-order valence-electron chi connectivity index (χ2n) is 3.71. The van der Waals surface area contributed by atoms with E-state index in [1.54, 1.807) is 13.1 Å². The number of aryl methyl sites for hydroxylation is 1. The van der Waals surface area contributed by atoms with E-state index in [0.29, 0.717) is 6.54 Å². The van der Waals surface area contributed by atoms with Crippen LogP contribution < -0.4 is 5.32 Å². The second kappa shape index (κ2) is 6.07. The maximum absolute atomic E-state index is 10.4. The highest BCUT2D eigenvalue weighted by Gasteiger charge is 1.98. The Morgan fingerprint density at radius 3 is 3.00 bits per heavy atom. The van der Waals surface area contributed by atoms with E-state index in [4.69, 9.17) is 5.11 Å². The van der Waals surface area contributed by atoms with Gasteiger partial charge in [-0.3, -0.25) is 0 Å². The largest absolute Gasteiger partial charge is 0.478 e. The van der Waals surface area contributed by atoms with Crippen LogP contribution in [0.5, 0.6) is 0 Å². The third-order valence-electron chi connectivity index (χ3n) is 2.22. The first-order valence-electron chi connectivity index (χ1n) is 5.16. The molecule has 0 saturated carbocycles. The van der Waals surface area contributed by atoms with Crippen LogP contribution in [0.1, 0.15) is 12.7 Å². The van der Waals surface area contributed by atoms with Crippen LogP contribution in [0.15, 0.2) is 24.0 Å². The summed E-state index contributed by atoms with van der Waals surface area (Å²) >= 11 is 0. The average molecular weight is 223 g/mol. The first-order chi connectivity index (χ1) is 7.59. The van der Waals surface area contributed by atoms with Gasteiger partial charge in [-0.25, -0.2) is 9.78 Å². The lowest BCUT2D eigenvalue weighted by atomic mass is 10.3. The molecule has 0 aliphatic heterocycles. The number of aliphatic carboxylic acids is 1. The van der Waals surface area contributed by atoms with E-state index in [1.165, 1.54) is 6.08 Å². The summed E-state index contributed by atoms with van der Waals surface area (Å²) in [5, 5.41) is 11.7. The van der Waals surface area contributed by atoms with E-state index in [9.17, 15) is 4.79 Å². The number of carboxylic acids is 1. The van der Waals surface area contributed by atoms with Gasteiger partial charge >= 0.3 is 5.97 Å². The van der Waals surface area contributed by atoms with Crippen LogP contribution in [-0.4, -0.2) is 33.7 Å². The van der Waals surface area contributed by atoms with E-state index >= 15 is 0 Å². The van der Waals surface area contributed by atoms with Crippen LogP contribution in [0, 0.1) is 0 Å². The molecule has 88 valence electrons. The summed E-state index contributed by atoms with van der Waals surface area (Å²) in [5.41, 5.74) is 0.812. The minimum absolute atomic E-state index is 0.594. The van der Waals surface area contributed by atoms with Gasteiger partial charge in [0.15, 0.2) is 0 Å². The third-order valence-corrected chi connectivity index (χ3v) is 2.22. The van der Waals surface area contributed by atoms with Crippen molar-refractivity contribution in [3.05, 3.63) is 29.9 Å². The highest BCUT2D eigenvalue weighted by molar-refractivity contribution is 5.80. The Hall–Kier alpha value is -1.62. The molecule has 2 N–H and O–H groups in total. The maximum atomic E-state index is 10.4. The smallest absolute Gasteiger partial charge is 0.328 e. The van der Waals surface area contributed by atoms with Crippen molar-refractivity contribution in [2.45, 2.75) is 13.3 Å². The molecule has 0 fully saturated rings. The van der Waals surface area contributed by atoms with Crippen molar-refractivity contribution in [3.8, 4) is 0 Å². The number of nitrogens with zero attached hydrogens (tertiary/aromatic N) is 2. The minimum Gasteiger partial charge on any atom is -0.478 e. The van der Waals surface area contributed by atoms with Crippen molar-refractivity contribution in [3.63, 3.8) is 0 Å². The molecule has 0 saturated heterocycles. The number of rotatable bonds is 6. The van der Waals surface area contributed by atoms with Gasteiger partial charge in [-0.2, -0.15) is 0 Å². The summed E-state index contributed by atoms with van der Waals surface area (Å²) in [7, 11) is 1.96. The van der Waals surface area contributed by atoms with Gasteiger partial charge in [-0.05, 0) is 6.92 Å². The van der Waals surface area contributed by atoms with Crippen LogP contribution in [0.4, 0.5) is 0 Å². The van der Waals surface area contributed by atoms with Gasteiger partial charge in [-0.15, -0.1) is 0 Å². The summed E-state index contributed by atoms with van der Waals surface area (Å²) in [5.74, 6) is 0.121. The van der Waals surface area contributed by atoms with Crippen LogP contribution in [0.25, 0.3) is 0 Å². The normalized spacial score (nSPS) is 11.8. The number of aromatic nitrogens is 2. The fraction of sp³-hybridized carbons (Fsp3) is 0.455. The molecule has 5 nitrogen and oxygen atoms in total. The third kappa shape index (κ3) is 4.27. The first-order valence-corrected chi connectivity index (χ1v) is 5.16. The number of hydrogen-bond acceptors (Lipinski definition) is 3. The average Bonchev–Trinajstić information content (AvgIpc) is 2.58. The molecule has 0 amide bonds. The summed E-state index contributed by atoms with van der Waals surface area (Å²) in [6.45, 7) is 3.17. The number of carboxylic acid groups (broad SMARTS) is 1. The quantitative estimate of drug-likeness (QED) is 0.547. The Kier molecular flexibility index (Phi) is 4.72. The number of hydrogen-bond donors (Lipinski definition) is 2. The number of imidazole rings is 1. The maximum Gasteiger partial charge on any atom is 0.328 e. The Balaban J connectivity index is 2.22. The van der Waals surface area contributed by atoms with Crippen LogP contribution >= 0.6 is 0 Å². The first kappa shape index (κ1) is 12.4. The molecule has 0 aliphatic rings. The fourth-order valence-corrected chi connectivity index (χ4v) is 1.38. The summed E-state index contributed by atoms with van der Waals surface area (Å²) in [4.78, 5) is 14.6. The Bertz CT molecular complexity index is 382. The van der Waals surface area contributed by atoms with Gasteiger partial charge in [0.1, 0.15) is 5.82 Å². The molecular weight excluding hydrogens is 206 g/mol. The predicted molar refractivity (Wildman–Crippen MR) is 61.2 cm³/mol. The van der Waals surface area contributed by atoms with Gasteiger partial charge in [0, 0.05) is 45.0 Å². The van der Waals surface area contributed by atoms with Gasteiger partial charge in [0.2, 0.25) is 0 Å². The molecular formula is C11H17N3O2. The molecule has 0 aromatic carbocycles. The highest BCUT2D eigenvalue weighted by atomic mass is 16.4. The minimum atomic E-state index is -0.900. The molecule has 0 atom stereocenters. The SMILES string of the molecule is C/C(=C/C(=O)O)CNCCc1nccn1C. The zero-order valence-corrected chi connectivity index (χ0v) is 9.60. The molecule has 1 rings (SSSR count).